The van der Waals surface area contributed by atoms with E-state index in [2.05, 4.69) is 67.4 Å². The fraction of sp³-hybridized carbons (Fsp3) is 0.500. The summed E-state index contributed by atoms with van der Waals surface area (Å²) in [6, 6.07) is 6.24. The molecule has 0 radical (unpaired) electrons. The van der Waals surface area contributed by atoms with Gasteiger partial charge in [-0.05, 0) is 17.4 Å². The molecule has 0 saturated heterocycles. The highest BCUT2D eigenvalue weighted by Crippen LogP contribution is 2.30. The van der Waals surface area contributed by atoms with E-state index in [1.807, 2.05) is 0 Å². The molecule has 1 N–H and O–H groups in total. The predicted molar refractivity (Wildman–Crippen MR) is 91.3 cm³/mol. The molecule has 0 aromatic carbocycles. The van der Waals surface area contributed by atoms with Crippen molar-refractivity contribution in [3.05, 3.63) is 39.4 Å². The van der Waals surface area contributed by atoms with Crippen LogP contribution in [0.15, 0.2) is 23.6 Å². The minimum Gasteiger partial charge on any atom is -0.362 e. The SMILES string of the molecule is CC(C)C(Nc1cc(Cl)nc(C(C)(C)C)n1)c1cccs1. The molecule has 5 heteroatoms. The summed E-state index contributed by atoms with van der Waals surface area (Å²) < 4.78 is 0. The lowest BCUT2D eigenvalue weighted by molar-refractivity contribution is 0.536. The zero-order valence-electron chi connectivity index (χ0n) is 13.1. The molecule has 114 valence electrons. The third-order valence-corrected chi connectivity index (χ3v) is 4.33. The van der Waals surface area contributed by atoms with Crippen molar-refractivity contribution in [2.45, 2.75) is 46.1 Å². The number of hydrogen-bond acceptors (Lipinski definition) is 4. The predicted octanol–water partition coefficient (Wildman–Crippen LogP) is 5.30. The number of anilines is 1. The van der Waals surface area contributed by atoms with Gasteiger partial charge in [-0.3, -0.25) is 0 Å². The molecule has 2 aromatic heterocycles. The summed E-state index contributed by atoms with van der Waals surface area (Å²) in [6.07, 6.45) is 0. The Labute approximate surface area is 135 Å². The first kappa shape index (κ1) is 16.2. The van der Waals surface area contributed by atoms with E-state index in [0.717, 1.165) is 11.6 Å². The van der Waals surface area contributed by atoms with Gasteiger partial charge in [0.05, 0.1) is 6.04 Å². The van der Waals surface area contributed by atoms with Crippen LogP contribution < -0.4 is 5.32 Å². The monoisotopic (exact) mass is 323 g/mol. The Morgan fingerprint density at radius 2 is 1.95 bits per heavy atom. The Morgan fingerprint density at radius 3 is 2.48 bits per heavy atom. The molecule has 2 aromatic rings. The lowest BCUT2D eigenvalue weighted by Crippen LogP contribution is -2.20. The highest BCUT2D eigenvalue weighted by molar-refractivity contribution is 7.10. The lowest BCUT2D eigenvalue weighted by Gasteiger charge is -2.23. The van der Waals surface area contributed by atoms with Gasteiger partial charge < -0.3 is 5.32 Å². The topological polar surface area (TPSA) is 37.8 Å². The fourth-order valence-electron chi connectivity index (χ4n) is 2.02. The van der Waals surface area contributed by atoms with Crippen LogP contribution in [0.4, 0.5) is 5.82 Å². The van der Waals surface area contributed by atoms with Gasteiger partial charge in [-0.15, -0.1) is 11.3 Å². The summed E-state index contributed by atoms with van der Waals surface area (Å²) in [6.45, 7) is 10.7. The number of thiophene rings is 1. The van der Waals surface area contributed by atoms with E-state index in [4.69, 9.17) is 11.6 Å². The van der Waals surface area contributed by atoms with Crippen molar-refractivity contribution >= 4 is 28.8 Å². The van der Waals surface area contributed by atoms with Gasteiger partial charge in [-0.1, -0.05) is 52.3 Å². The van der Waals surface area contributed by atoms with Crippen LogP contribution in [0.2, 0.25) is 5.15 Å². The molecule has 0 aliphatic heterocycles. The second-order valence-corrected chi connectivity index (χ2v) is 7.90. The van der Waals surface area contributed by atoms with Crippen LogP contribution in [0.25, 0.3) is 0 Å². The minimum absolute atomic E-state index is 0.127. The summed E-state index contributed by atoms with van der Waals surface area (Å²) in [7, 11) is 0. The summed E-state index contributed by atoms with van der Waals surface area (Å²) in [4.78, 5) is 10.3. The maximum absolute atomic E-state index is 6.16. The molecule has 0 aliphatic rings. The summed E-state index contributed by atoms with van der Waals surface area (Å²) in [5, 5.41) is 6.08. The molecule has 0 bridgehead atoms. The van der Waals surface area contributed by atoms with Crippen LogP contribution in [0, 0.1) is 5.92 Å². The van der Waals surface area contributed by atoms with E-state index in [0.29, 0.717) is 11.1 Å². The molecule has 2 heterocycles. The van der Waals surface area contributed by atoms with Crippen LogP contribution in [-0.2, 0) is 5.41 Å². The largest absolute Gasteiger partial charge is 0.362 e. The smallest absolute Gasteiger partial charge is 0.137 e. The summed E-state index contributed by atoms with van der Waals surface area (Å²) in [5.41, 5.74) is -0.127. The zero-order valence-corrected chi connectivity index (χ0v) is 14.7. The van der Waals surface area contributed by atoms with E-state index in [-0.39, 0.29) is 11.5 Å². The Morgan fingerprint density at radius 1 is 1.24 bits per heavy atom. The minimum atomic E-state index is -0.127. The Balaban J connectivity index is 2.31. The van der Waals surface area contributed by atoms with Gasteiger partial charge in [0, 0.05) is 16.4 Å². The molecule has 1 unspecified atom stereocenters. The standard InChI is InChI=1S/C16H22ClN3S/c1-10(2)14(11-7-6-8-21-11)19-13-9-12(17)18-15(20-13)16(3,4)5/h6-10,14H,1-5H3,(H,18,19,20). The van der Waals surface area contributed by atoms with Crippen LogP contribution in [0.1, 0.15) is 51.4 Å². The lowest BCUT2D eigenvalue weighted by atomic mass is 9.96. The summed E-state index contributed by atoms with van der Waals surface area (Å²) in [5.74, 6) is 1.99. The Kier molecular flexibility index (Phi) is 4.89. The van der Waals surface area contributed by atoms with Crippen molar-refractivity contribution in [1.82, 2.24) is 9.97 Å². The number of nitrogens with one attached hydrogen (secondary N) is 1. The fourth-order valence-corrected chi connectivity index (χ4v) is 3.15. The molecule has 0 spiro atoms. The van der Waals surface area contributed by atoms with Crippen LogP contribution >= 0.6 is 22.9 Å². The second kappa shape index (κ2) is 6.32. The number of nitrogens with zero attached hydrogens (tertiary/aromatic N) is 2. The van der Waals surface area contributed by atoms with E-state index < -0.39 is 0 Å². The zero-order chi connectivity index (χ0) is 15.6. The average molecular weight is 324 g/mol. The quantitative estimate of drug-likeness (QED) is 0.776. The molecule has 1 atom stereocenters. The molecule has 0 amide bonds. The van der Waals surface area contributed by atoms with Crippen molar-refractivity contribution in [1.29, 1.82) is 0 Å². The first-order chi connectivity index (χ1) is 9.77. The number of rotatable bonds is 4. The van der Waals surface area contributed by atoms with Crippen LogP contribution in [0.5, 0.6) is 0 Å². The first-order valence-corrected chi connectivity index (χ1v) is 8.38. The number of hydrogen-bond donors (Lipinski definition) is 1. The third-order valence-electron chi connectivity index (χ3n) is 3.19. The molecule has 2 rings (SSSR count). The second-order valence-electron chi connectivity index (χ2n) is 6.53. The molecule has 3 nitrogen and oxygen atoms in total. The van der Waals surface area contributed by atoms with E-state index in [1.165, 1.54) is 4.88 Å². The molecule has 0 fully saturated rings. The molecule has 21 heavy (non-hydrogen) atoms. The van der Waals surface area contributed by atoms with Gasteiger partial charge in [0.2, 0.25) is 0 Å². The van der Waals surface area contributed by atoms with Crippen LogP contribution in [0.3, 0.4) is 0 Å². The molecular weight excluding hydrogens is 302 g/mol. The third kappa shape index (κ3) is 4.17. The maximum Gasteiger partial charge on any atom is 0.137 e. The molecule has 0 aliphatic carbocycles. The molecule has 0 saturated carbocycles. The highest BCUT2D eigenvalue weighted by Gasteiger charge is 2.21. The van der Waals surface area contributed by atoms with E-state index >= 15 is 0 Å². The Bertz CT molecular complexity index is 588. The Hall–Kier alpha value is -1.13. The van der Waals surface area contributed by atoms with Crippen molar-refractivity contribution in [3.63, 3.8) is 0 Å². The van der Waals surface area contributed by atoms with Gasteiger partial charge in [0.15, 0.2) is 0 Å². The van der Waals surface area contributed by atoms with Crippen molar-refractivity contribution in [2.24, 2.45) is 5.92 Å². The number of halogens is 1. The van der Waals surface area contributed by atoms with Crippen molar-refractivity contribution < 1.29 is 0 Å². The highest BCUT2D eigenvalue weighted by atomic mass is 35.5. The van der Waals surface area contributed by atoms with Crippen LogP contribution in [-0.4, -0.2) is 9.97 Å². The van der Waals surface area contributed by atoms with Crippen molar-refractivity contribution in [3.8, 4) is 0 Å². The van der Waals surface area contributed by atoms with Gasteiger partial charge >= 0.3 is 0 Å². The summed E-state index contributed by atoms with van der Waals surface area (Å²) >= 11 is 7.91. The molecular formula is C16H22ClN3S. The average Bonchev–Trinajstić information content (AvgIpc) is 2.87. The van der Waals surface area contributed by atoms with Gasteiger partial charge in [0.25, 0.3) is 0 Å². The number of aromatic nitrogens is 2. The van der Waals surface area contributed by atoms with Gasteiger partial charge in [-0.25, -0.2) is 9.97 Å². The van der Waals surface area contributed by atoms with Gasteiger partial charge in [-0.2, -0.15) is 0 Å². The van der Waals surface area contributed by atoms with E-state index in [1.54, 1.807) is 17.4 Å². The van der Waals surface area contributed by atoms with E-state index in [9.17, 15) is 0 Å². The maximum atomic E-state index is 6.16. The van der Waals surface area contributed by atoms with Gasteiger partial charge in [0.1, 0.15) is 16.8 Å². The van der Waals surface area contributed by atoms with Crippen molar-refractivity contribution in [2.75, 3.05) is 5.32 Å². The normalized spacial score (nSPS) is 13.5. The first-order valence-electron chi connectivity index (χ1n) is 7.12.